The quantitative estimate of drug-likeness (QED) is 0.447. The number of aliphatic hydroxyl groups is 1. The van der Waals surface area contributed by atoms with Gasteiger partial charge in [-0.15, -0.1) is 0 Å². The average molecular weight is 438 g/mol. The number of hydrogen-bond acceptors (Lipinski definition) is 4. The second-order valence-corrected chi connectivity index (χ2v) is 7.72. The van der Waals surface area contributed by atoms with E-state index >= 15 is 0 Å². The first-order chi connectivity index (χ1) is 16.2. The summed E-state index contributed by atoms with van der Waals surface area (Å²) >= 11 is 0. The van der Waals surface area contributed by atoms with Gasteiger partial charge < -0.3 is 20.3 Å². The summed E-state index contributed by atoms with van der Waals surface area (Å²) < 4.78 is 0. The summed E-state index contributed by atoms with van der Waals surface area (Å²) in [4.78, 5) is 35.9. The van der Waals surface area contributed by atoms with E-state index < -0.39 is 18.0 Å². The Morgan fingerprint density at radius 2 is 1.73 bits per heavy atom. The minimum absolute atomic E-state index is 0.0895. The van der Waals surface area contributed by atoms with Crippen molar-refractivity contribution in [3.63, 3.8) is 0 Å². The summed E-state index contributed by atoms with van der Waals surface area (Å²) in [6.07, 6.45) is -1.15. The van der Waals surface area contributed by atoms with Crippen molar-refractivity contribution in [2.24, 2.45) is 4.99 Å². The maximum Gasteiger partial charge on any atom is 0.272 e. The minimum atomic E-state index is -1.15. The summed E-state index contributed by atoms with van der Waals surface area (Å²) in [5, 5.41) is 13.3. The number of β-amino-alcohol motifs (C(OH)–C–C–N with tert-alkyl or cyclic N) is 1. The molecule has 2 amide bonds. The lowest BCUT2D eigenvalue weighted by Crippen LogP contribution is -2.48. The number of aromatic nitrogens is 1. The molecule has 0 spiro atoms. The van der Waals surface area contributed by atoms with Crippen LogP contribution in [-0.4, -0.2) is 46.9 Å². The smallest absolute Gasteiger partial charge is 0.272 e. The molecule has 1 unspecified atom stereocenters. The van der Waals surface area contributed by atoms with E-state index in [9.17, 15) is 14.7 Å². The number of amides is 2. The van der Waals surface area contributed by atoms with Gasteiger partial charge in [-0.25, -0.2) is 4.99 Å². The average Bonchev–Trinajstić information content (AvgIpc) is 3.26. The van der Waals surface area contributed by atoms with Gasteiger partial charge in [0.15, 0.2) is 0 Å². The van der Waals surface area contributed by atoms with Gasteiger partial charge in [-0.05, 0) is 18.2 Å². The van der Waals surface area contributed by atoms with Crippen molar-refractivity contribution in [2.45, 2.75) is 6.17 Å². The fourth-order valence-electron chi connectivity index (χ4n) is 4.08. The number of aliphatic hydroxyl groups excluding tert-OH is 1. The van der Waals surface area contributed by atoms with Gasteiger partial charge in [-0.1, -0.05) is 66.7 Å². The van der Waals surface area contributed by atoms with Gasteiger partial charge in [-0.3, -0.25) is 9.59 Å². The van der Waals surface area contributed by atoms with Crippen LogP contribution in [0.15, 0.2) is 89.9 Å². The van der Waals surface area contributed by atoms with E-state index in [4.69, 9.17) is 4.99 Å². The molecule has 5 rings (SSSR count). The second-order valence-electron chi connectivity index (χ2n) is 7.72. The van der Waals surface area contributed by atoms with Gasteiger partial charge in [0.05, 0.1) is 18.0 Å². The fourth-order valence-corrected chi connectivity index (χ4v) is 4.08. The van der Waals surface area contributed by atoms with Crippen LogP contribution in [0.5, 0.6) is 0 Å². The molecule has 0 fully saturated rings. The molecule has 0 radical (unpaired) electrons. The predicted octanol–water partition coefficient (Wildman–Crippen LogP) is 3.10. The molecule has 0 saturated carbocycles. The fraction of sp³-hybridized carbons (Fsp3) is 0.115. The number of rotatable bonds is 5. The zero-order valence-corrected chi connectivity index (χ0v) is 17.7. The van der Waals surface area contributed by atoms with Crippen LogP contribution in [0, 0.1) is 0 Å². The lowest BCUT2D eigenvalue weighted by molar-refractivity contribution is -0.120. The summed E-state index contributed by atoms with van der Waals surface area (Å²) in [7, 11) is 0. The number of anilines is 1. The zero-order valence-electron chi connectivity index (χ0n) is 17.7. The molecule has 2 heterocycles. The maximum absolute atomic E-state index is 13.5. The van der Waals surface area contributed by atoms with Gasteiger partial charge >= 0.3 is 0 Å². The third-order valence-electron chi connectivity index (χ3n) is 5.62. The molecule has 33 heavy (non-hydrogen) atoms. The number of nitrogens with zero attached hydrogens (tertiary/aromatic N) is 2. The number of benzene rings is 3. The molecule has 164 valence electrons. The molecular formula is C26H22N4O3. The van der Waals surface area contributed by atoms with Crippen LogP contribution in [0.4, 0.5) is 5.69 Å². The summed E-state index contributed by atoms with van der Waals surface area (Å²) in [6, 6.07) is 26.3. The van der Waals surface area contributed by atoms with Crippen molar-refractivity contribution >= 4 is 34.1 Å². The second kappa shape index (κ2) is 8.72. The van der Waals surface area contributed by atoms with Crippen molar-refractivity contribution in [1.82, 2.24) is 10.3 Å². The number of aromatic amines is 1. The van der Waals surface area contributed by atoms with E-state index in [0.29, 0.717) is 17.1 Å². The normalized spacial score (nSPS) is 15.7. The zero-order chi connectivity index (χ0) is 22.8. The van der Waals surface area contributed by atoms with E-state index in [0.717, 1.165) is 22.0 Å². The first kappa shape index (κ1) is 20.7. The third-order valence-corrected chi connectivity index (χ3v) is 5.62. The van der Waals surface area contributed by atoms with Crippen molar-refractivity contribution in [1.29, 1.82) is 0 Å². The van der Waals surface area contributed by atoms with Gasteiger partial charge in [0, 0.05) is 28.6 Å². The van der Waals surface area contributed by atoms with E-state index in [-0.39, 0.29) is 13.2 Å². The van der Waals surface area contributed by atoms with E-state index in [1.54, 1.807) is 6.07 Å². The minimum Gasteiger partial charge on any atom is -0.395 e. The molecule has 0 aliphatic carbocycles. The van der Waals surface area contributed by atoms with Crippen LogP contribution in [0.2, 0.25) is 0 Å². The summed E-state index contributed by atoms with van der Waals surface area (Å²) in [5.74, 6) is -0.845. The highest BCUT2D eigenvalue weighted by molar-refractivity contribution is 6.20. The molecule has 1 atom stereocenters. The van der Waals surface area contributed by atoms with E-state index in [1.165, 1.54) is 4.90 Å². The Hall–Kier alpha value is -4.23. The molecule has 1 aliphatic rings. The molecule has 4 aromatic rings. The first-order valence-corrected chi connectivity index (χ1v) is 10.7. The van der Waals surface area contributed by atoms with Gasteiger partial charge in [-0.2, -0.15) is 0 Å². The largest absolute Gasteiger partial charge is 0.395 e. The topological polar surface area (TPSA) is 97.8 Å². The standard InChI is InChI=1S/C26H22N4O3/c31-15-14-30-22-13-7-5-11-19(22)23(17-8-2-1-3-9-17)28-24(26(30)33)29-25(32)21-16-18-10-4-6-12-20(18)27-21/h1-13,16,24,27,31H,14-15H2,(H,29,32). The van der Waals surface area contributed by atoms with Crippen LogP contribution in [0.3, 0.4) is 0 Å². The number of benzodiazepines with no additional fused rings is 1. The molecule has 1 aliphatic heterocycles. The van der Waals surface area contributed by atoms with Crippen molar-refractivity contribution in [3.8, 4) is 0 Å². The molecule has 3 N–H and O–H groups in total. The Balaban J connectivity index is 1.58. The van der Waals surface area contributed by atoms with Crippen LogP contribution in [0.1, 0.15) is 21.6 Å². The molecule has 7 nitrogen and oxygen atoms in total. The van der Waals surface area contributed by atoms with Crippen molar-refractivity contribution in [3.05, 3.63) is 102 Å². The summed E-state index contributed by atoms with van der Waals surface area (Å²) in [5.41, 5.74) is 4.00. The van der Waals surface area contributed by atoms with E-state index in [1.807, 2.05) is 78.9 Å². The Bertz CT molecular complexity index is 1330. The molecule has 1 aromatic heterocycles. The monoisotopic (exact) mass is 438 g/mol. The number of aliphatic imine (C=N–C) groups is 1. The van der Waals surface area contributed by atoms with Crippen LogP contribution >= 0.6 is 0 Å². The molecule has 3 aromatic carbocycles. The molecule has 0 bridgehead atoms. The molecule has 0 saturated heterocycles. The highest BCUT2D eigenvalue weighted by Gasteiger charge is 2.33. The Labute approximate surface area is 190 Å². The number of carbonyl (C=O) groups is 2. The van der Waals surface area contributed by atoms with Crippen molar-refractivity contribution in [2.75, 3.05) is 18.1 Å². The lowest BCUT2D eigenvalue weighted by atomic mass is 10.0. The number of nitrogens with one attached hydrogen (secondary N) is 2. The SMILES string of the molecule is O=C(NC1N=C(c2ccccc2)c2ccccc2N(CCO)C1=O)c1cc2ccccc2[nH]1. The Morgan fingerprint density at radius 3 is 2.52 bits per heavy atom. The number of hydrogen-bond donors (Lipinski definition) is 3. The molecular weight excluding hydrogens is 416 g/mol. The number of para-hydroxylation sites is 2. The Kier molecular flexibility index (Phi) is 5.46. The third kappa shape index (κ3) is 3.90. The predicted molar refractivity (Wildman–Crippen MR) is 128 cm³/mol. The van der Waals surface area contributed by atoms with Crippen LogP contribution < -0.4 is 10.2 Å². The number of fused-ring (bicyclic) bond motifs is 2. The number of carbonyl (C=O) groups excluding carboxylic acids is 2. The van der Waals surface area contributed by atoms with E-state index in [2.05, 4.69) is 10.3 Å². The summed E-state index contributed by atoms with van der Waals surface area (Å²) in [6.45, 7) is -0.129. The number of H-pyrrole nitrogens is 1. The highest BCUT2D eigenvalue weighted by atomic mass is 16.3. The Morgan fingerprint density at radius 1 is 1.00 bits per heavy atom. The van der Waals surface area contributed by atoms with Gasteiger partial charge in [0.1, 0.15) is 5.69 Å². The van der Waals surface area contributed by atoms with Gasteiger partial charge in [0.2, 0.25) is 6.17 Å². The van der Waals surface area contributed by atoms with Gasteiger partial charge in [0.25, 0.3) is 11.8 Å². The van der Waals surface area contributed by atoms with Crippen LogP contribution in [0.25, 0.3) is 10.9 Å². The lowest BCUT2D eigenvalue weighted by Gasteiger charge is -2.24. The van der Waals surface area contributed by atoms with Crippen molar-refractivity contribution < 1.29 is 14.7 Å². The molecule has 7 heteroatoms. The highest BCUT2D eigenvalue weighted by Crippen LogP contribution is 2.28. The van der Waals surface area contributed by atoms with Crippen LogP contribution in [-0.2, 0) is 4.79 Å². The maximum atomic E-state index is 13.5. The first-order valence-electron chi connectivity index (χ1n) is 10.7.